The lowest BCUT2D eigenvalue weighted by molar-refractivity contribution is 0.426. The van der Waals surface area contributed by atoms with Crippen LogP contribution in [0.25, 0.3) is 0 Å². The Morgan fingerprint density at radius 3 is 2.00 bits per heavy atom. The molecule has 0 aromatic heterocycles. The van der Waals surface area contributed by atoms with E-state index in [1.165, 1.54) is 0 Å². The van der Waals surface area contributed by atoms with Gasteiger partial charge in [0.05, 0.1) is 22.9 Å². The van der Waals surface area contributed by atoms with Gasteiger partial charge >= 0.3 is 0 Å². The molecule has 1 nitrogen and oxygen atoms in total. The van der Waals surface area contributed by atoms with Crippen LogP contribution in [0.15, 0.2) is 0 Å². The average molecular weight is 156 g/mol. The highest BCUT2D eigenvalue weighted by molar-refractivity contribution is 9.06. The Balaban J connectivity index is 0. The number of hydrogen-bond acceptors (Lipinski definition) is 1. The van der Waals surface area contributed by atoms with E-state index in [0.717, 1.165) is 6.61 Å². The lowest BCUT2D eigenvalue weighted by Gasteiger charge is -1.71. The molecule has 31 valence electrons. The molecule has 0 bridgehead atoms. The first-order chi connectivity index (χ1) is 1.91. The molecule has 0 unspecified atom stereocenters. The van der Waals surface area contributed by atoms with Crippen LogP contribution < -0.4 is 0 Å². The molecule has 0 N–H and O–H groups in total. The molecule has 0 saturated heterocycles. The van der Waals surface area contributed by atoms with Gasteiger partial charge in [-0.25, -0.2) is 0 Å². The van der Waals surface area contributed by atoms with E-state index in [-0.39, 0.29) is 9.90 Å². The SMILES string of the molecule is CCOBr.[P]. The van der Waals surface area contributed by atoms with Crippen molar-refractivity contribution in [1.29, 1.82) is 0 Å². The molecule has 0 aliphatic heterocycles. The van der Waals surface area contributed by atoms with Gasteiger partial charge in [0.25, 0.3) is 0 Å². The molecule has 0 amide bonds. The van der Waals surface area contributed by atoms with E-state index in [0.29, 0.717) is 0 Å². The summed E-state index contributed by atoms with van der Waals surface area (Å²) in [5, 5.41) is 0. The number of rotatable bonds is 1. The maximum Gasteiger partial charge on any atom is 0.0987 e. The quantitative estimate of drug-likeness (QED) is 0.528. The molecule has 0 aliphatic carbocycles. The van der Waals surface area contributed by atoms with Gasteiger partial charge in [0.2, 0.25) is 0 Å². The second-order valence-corrected chi connectivity index (χ2v) is 0.856. The second kappa shape index (κ2) is 8.85. The minimum Gasteiger partial charge on any atom is -0.308 e. The Morgan fingerprint density at radius 1 is 1.80 bits per heavy atom. The van der Waals surface area contributed by atoms with Crippen LogP contribution in [0.1, 0.15) is 6.92 Å². The third kappa shape index (κ3) is 11.5. The third-order valence-corrected chi connectivity index (χ3v) is 0.567. The van der Waals surface area contributed by atoms with Crippen LogP contribution in [0.3, 0.4) is 0 Å². The zero-order valence-electron chi connectivity index (χ0n) is 2.94. The fraction of sp³-hybridized carbons (Fsp3) is 1.00. The topological polar surface area (TPSA) is 9.23 Å². The summed E-state index contributed by atoms with van der Waals surface area (Å²) in [6, 6.07) is 0. The molecule has 0 rings (SSSR count). The van der Waals surface area contributed by atoms with Crippen LogP contribution in [0, 0.1) is 0 Å². The van der Waals surface area contributed by atoms with Crippen molar-refractivity contribution in [2.24, 2.45) is 0 Å². The Morgan fingerprint density at radius 2 is 2.00 bits per heavy atom. The Hall–Kier alpha value is 0.870. The molecule has 0 aromatic rings. The number of halogens is 1. The molecular weight excluding hydrogens is 151 g/mol. The summed E-state index contributed by atoms with van der Waals surface area (Å²) in [6.07, 6.45) is 0. The maximum absolute atomic E-state index is 4.35. The summed E-state index contributed by atoms with van der Waals surface area (Å²) in [5.74, 6) is 0. The lowest BCUT2D eigenvalue weighted by Crippen LogP contribution is -1.63. The third-order valence-electron chi connectivity index (χ3n) is 0.109. The summed E-state index contributed by atoms with van der Waals surface area (Å²) in [7, 11) is 0. The van der Waals surface area contributed by atoms with Gasteiger partial charge in [-0.05, 0) is 6.92 Å². The van der Waals surface area contributed by atoms with Crippen LogP contribution >= 0.6 is 26.2 Å². The smallest absolute Gasteiger partial charge is 0.0987 e. The highest BCUT2D eigenvalue weighted by atomic mass is 79.9. The molecule has 3 radical (unpaired) electrons. The molecule has 5 heavy (non-hydrogen) atoms. The van der Waals surface area contributed by atoms with Gasteiger partial charge < -0.3 is 3.83 Å². The van der Waals surface area contributed by atoms with Gasteiger partial charge in [-0.2, -0.15) is 0 Å². The largest absolute Gasteiger partial charge is 0.308 e. The minimum absolute atomic E-state index is 0. The maximum atomic E-state index is 4.35. The fourth-order valence-corrected chi connectivity index (χ4v) is 0. The van der Waals surface area contributed by atoms with Crippen molar-refractivity contribution in [3.63, 3.8) is 0 Å². The van der Waals surface area contributed by atoms with Gasteiger partial charge in [0.1, 0.15) is 0 Å². The monoisotopic (exact) mass is 155 g/mol. The molecule has 0 fully saturated rings. The predicted molar refractivity (Wildman–Crippen MR) is 27.5 cm³/mol. The van der Waals surface area contributed by atoms with Gasteiger partial charge in [-0.1, -0.05) is 0 Å². The molecule has 0 aromatic carbocycles. The van der Waals surface area contributed by atoms with E-state index in [1.54, 1.807) is 0 Å². The normalized spacial score (nSPS) is 6.00. The minimum atomic E-state index is 0. The van der Waals surface area contributed by atoms with Crippen molar-refractivity contribution in [3.8, 4) is 0 Å². The van der Waals surface area contributed by atoms with Crippen molar-refractivity contribution in [3.05, 3.63) is 0 Å². The molecule has 0 heterocycles. The average Bonchev–Trinajstić information content (AvgIpc) is 1.37. The van der Waals surface area contributed by atoms with Gasteiger partial charge in [-0.3, -0.25) is 0 Å². The lowest BCUT2D eigenvalue weighted by atomic mass is 10.9. The van der Waals surface area contributed by atoms with Crippen molar-refractivity contribution in [2.45, 2.75) is 6.92 Å². The first-order valence-electron chi connectivity index (χ1n) is 1.15. The first-order valence-corrected chi connectivity index (χ1v) is 1.80. The first kappa shape index (κ1) is 9.30. The Bertz CT molecular complexity index is 11.6. The Labute approximate surface area is 44.2 Å². The molecular formula is C2H5BrOP. The van der Waals surface area contributed by atoms with Crippen LogP contribution in [-0.4, -0.2) is 6.61 Å². The van der Waals surface area contributed by atoms with Crippen molar-refractivity contribution in [1.82, 2.24) is 0 Å². The Kier molecular flexibility index (Phi) is 16.5. The predicted octanol–water partition coefficient (Wildman–Crippen LogP) is 2.19. The highest BCUT2D eigenvalue weighted by Crippen LogP contribution is 1.76. The van der Waals surface area contributed by atoms with Crippen LogP contribution in [0.2, 0.25) is 0 Å². The van der Waals surface area contributed by atoms with E-state index in [1.807, 2.05) is 6.92 Å². The van der Waals surface area contributed by atoms with Gasteiger partial charge in [0.15, 0.2) is 0 Å². The van der Waals surface area contributed by atoms with Gasteiger partial charge in [0, 0.05) is 9.90 Å². The van der Waals surface area contributed by atoms with E-state index < -0.39 is 0 Å². The van der Waals surface area contributed by atoms with Crippen LogP contribution in [0.4, 0.5) is 0 Å². The zero-order valence-corrected chi connectivity index (χ0v) is 5.42. The summed E-state index contributed by atoms with van der Waals surface area (Å²) < 4.78 is 4.35. The highest BCUT2D eigenvalue weighted by Gasteiger charge is 1.55. The fourth-order valence-electron chi connectivity index (χ4n) is 0. The van der Waals surface area contributed by atoms with E-state index >= 15 is 0 Å². The summed E-state index contributed by atoms with van der Waals surface area (Å²) in [6.45, 7) is 2.65. The van der Waals surface area contributed by atoms with Crippen molar-refractivity contribution >= 4 is 26.2 Å². The van der Waals surface area contributed by atoms with Crippen molar-refractivity contribution in [2.75, 3.05) is 6.61 Å². The van der Waals surface area contributed by atoms with Crippen molar-refractivity contribution < 1.29 is 3.83 Å². The number of hydrogen-bond donors (Lipinski definition) is 0. The summed E-state index contributed by atoms with van der Waals surface area (Å²) >= 11 is 2.75. The second-order valence-electron chi connectivity index (χ2n) is 0.398. The molecule has 0 spiro atoms. The summed E-state index contributed by atoms with van der Waals surface area (Å²) in [5.41, 5.74) is 0. The van der Waals surface area contributed by atoms with Gasteiger partial charge in [-0.15, -0.1) is 0 Å². The molecule has 0 atom stereocenters. The molecule has 0 aliphatic rings. The standard InChI is InChI=1S/C2H5BrO.P/c1-2-4-3;/h2H2,1H3;. The molecule has 0 saturated carbocycles. The van der Waals surface area contributed by atoms with E-state index in [2.05, 4.69) is 20.1 Å². The van der Waals surface area contributed by atoms with E-state index in [4.69, 9.17) is 0 Å². The van der Waals surface area contributed by atoms with Crippen LogP contribution in [-0.2, 0) is 3.83 Å². The summed E-state index contributed by atoms with van der Waals surface area (Å²) in [4.78, 5) is 0. The zero-order chi connectivity index (χ0) is 3.41. The van der Waals surface area contributed by atoms with Crippen LogP contribution in [0.5, 0.6) is 0 Å². The van der Waals surface area contributed by atoms with E-state index in [9.17, 15) is 0 Å². The molecule has 3 heteroatoms.